The summed E-state index contributed by atoms with van der Waals surface area (Å²) in [5.41, 5.74) is 3.84. The van der Waals surface area contributed by atoms with Crippen molar-refractivity contribution in [2.75, 3.05) is 5.32 Å². The predicted octanol–water partition coefficient (Wildman–Crippen LogP) is 4.81. The second-order valence-electron chi connectivity index (χ2n) is 7.21. The van der Waals surface area contributed by atoms with E-state index in [1.54, 1.807) is 12.1 Å². The molecule has 2 aromatic carbocycles. The fourth-order valence-corrected chi connectivity index (χ4v) is 3.59. The molecule has 28 heavy (non-hydrogen) atoms. The smallest absolute Gasteiger partial charge is 0.235 e. The first kappa shape index (κ1) is 16.7. The molecule has 5 heteroatoms. The summed E-state index contributed by atoms with van der Waals surface area (Å²) < 4.78 is 15.2. The number of hydrogen-bond acceptors (Lipinski definition) is 2. The Morgan fingerprint density at radius 1 is 1.00 bits per heavy atom. The van der Waals surface area contributed by atoms with Crippen molar-refractivity contribution in [2.24, 2.45) is 0 Å². The number of imidazole rings is 1. The summed E-state index contributed by atoms with van der Waals surface area (Å²) in [5.74, 6) is -0.331. The summed E-state index contributed by atoms with van der Waals surface area (Å²) >= 11 is 0. The third-order valence-electron chi connectivity index (χ3n) is 5.38. The molecule has 1 aliphatic carbocycles. The Bertz CT molecular complexity index is 1130. The average Bonchev–Trinajstić information content (AvgIpc) is 3.42. The van der Waals surface area contributed by atoms with E-state index in [1.807, 2.05) is 59.3 Å². The maximum absolute atomic E-state index is 13.2. The zero-order valence-electron chi connectivity index (χ0n) is 15.1. The number of rotatable bonds is 4. The largest absolute Gasteiger partial charge is 0.325 e. The number of benzene rings is 2. The van der Waals surface area contributed by atoms with E-state index in [-0.39, 0.29) is 11.7 Å². The highest BCUT2D eigenvalue weighted by atomic mass is 19.1. The molecule has 0 radical (unpaired) electrons. The van der Waals surface area contributed by atoms with E-state index in [1.165, 1.54) is 12.1 Å². The van der Waals surface area contributed by atoms with Gasteiger partial charge in [-0.15, -0.1) is 0 Å². The molecule has 4 nitrogen and oxygen atoms in total. The highest BCUT2D eigenvalue weighted by Crippen LogP contribution is 2.49. The van der Waals surface area contributed by atoms with Crippen LogP contribution in [0.4, 0.5) is 10.1 Å². The number of nitrogens with one attached hydrogen (secondary N) is 1. The van der Waals surface area contributed by atoms with Gasteiger partial charge in [-0.3, -0.25) is 4.79 Å². The molecule has 2 heterocycles. The number of carbonyl (C=O) groups is 1. The van der Waals surface area contributed by atoms with Crippen molar-refractivity contribution >= 4 is 17.2 Å². The van der Waals surface area contributed by atoms with Crippen LogP contribution in [0.15, 0.2) is 79.1 Å². The van der Waals surface area contributed by atoms with Crippen LogP contribution < -0.4 is 5.32 Å². The fourth-order valence-electron chi connectivity index (χ4n) is 3.59. The van der Waals surface area contributed by atoms with Crippen LogP contribution in [-0.4, -0.2) is 15.3 Å². The fraction of sp³-hybridized carbons (Fsp3) is 0.130. The Labute approximate surface area is 161 Å². The van der Waals surface area contributed by atoms with Crippen molar-refractivity contribution in [1.82, 2.24) is 9.38 Å². The van der Waals surface area contributed by atoms with Gasteiger partial charge in [-0.1, -0.05) is 30.3 Å². The van der Waals surface area contributed by atoms with Crippen LogP contribution in [0.3, 0.4) is 0 Å². The number of anilines is 1. The second kappa shape index (κ2) is 6.30. The Kier molecular flexibility index (Phi) is 3.76. The highest BCUT2D eigenvalue weighted by Gasteiger charge is 2.51. The second-order valence-corrected chi connectivity index (χ2v) is 7.21. The van der Waals surface area contributed by atoms with Crippen LogP contribution in [0.25, 0.3) is 16.9 Å². The maximum atomic E-state index is 13.2. The molecule has 1 N–H and O–H groups in total. The zero-order valence-corrected chi connectivity index (χ0v) is 15.1. The number of nitrogens with zero attached hydrogens (tertiary/aromatic N) is 2. The summed E-state index contributed by atoms with van der Waals surface area (Å²) in [6, 6.07) is 19.8. The van der Waals surface area contributed by atoms with Gasteiger partial charge in [0.1, 0.15) is 11.5 Å². The van der Waals surface area contributed by atoms with Crippen LogP contribution in [0, 0.1) is 5.82 Å². The lowest BCUT2D eigenvalue weighted by Gasteiger charge is -2.16. The van der Waals surface area contributed by atoms with Gasteiger partial charge in [-0.25, -0.2) is 9.37 Å². The van der Waals surface area contributed by atoms with Gasteiger partial charge >= 0.3 is 0 Å². The van der Waals surface area contributed by atoms with E-state index >= 15 is 0 Å². The van der Waals surface area contributed by atoms with Gasteiger partial charge < -0.3 is 9.72 Å². The number of hydrogen-bond donors (Lipinski definition) is 1. The van der Waals surface area contributed by atoms with Crippen molar-refractivity contribution in [3.8, 4) is 11.3 Å². The third kappa shape index (κ3) is 2.85. The van der Waals surface area contributed by atoms with Gasteiger partial charge in [-0.2, -0.15) is 0 Å². The normalized spacial score (nSPS) is 14.8. The first-order valence-electron chi connectivity index (χ1n) is 9.26. The summed E-state index contributed by atoms with van der Waals surface area (Å²) in [6.45, 7) is 0. The van der Waals surface area contributed by atoms with Crippen LogP contribution in [-0.2, 0) is 10.2 Å². The molecule has 1 fully saturated rings. The molecule has 1 saturated carbocycles. The minimum Gasteiger partial charge on any atom is -0.325 e. The summed E-state index contributed by atoms with van der Waals surface area (Å²) in [5, 5.41) is 3.00. The van der Waals surface area contributed by atoms with Gasteiger partial charge in [0.15, 0.2) is 0 Å². The first-order valence-corrected chi connectivity index (χ1v) is 9.26. The number of amides is 1. The standard InChI is InChI=1S/C23H18FN3O/c24-18-8-6-17(7-9-18)23(12-13-23)22(28)25-19-10-4-16(5-11-19)20-15-27-14-2-1-3-21(27)26-20/h1-11,14-15H,12-13H2,(H,25,28). The highest BCUT2D eigenvalue weighted by molar-refractivity contribution is 6.01. The van der Waals surface area contributed by atoms with Gasteiger partial charge in [0.25, 0.3) is 0 Å². The van der Waals surface area contributed by atoms with Crippen LogP contribution >= 0.6 is 0 Å². The molecule has 4 aromatic rings. The molecule has 0 unspecified atom stereocenters. The lowest BCUT2D eigenvalue weighted by Crippen LogP contribution is -2.27. The summed E-state index contributed by atoms with van der Waals surface area (Å²) in [7, 11) is 0. The van der Waals surface area contributed by atoms with Crippen molar-refractivity contribution in [1.29, 1.82) is 0 Å². The Hall–Kier alpha value is -3.47. The summed E-state index contributed by atoms with van der Waals surface area (Å²) in [4.78, 5) is 17.4. The first-order chi connectivity index (χ1) is 13.6. The summed E-state index contributed by atoms with van der Waals surface area (Å²) in [6.07, 6.45) is 5.51. The van der Waals surface area contributed by atoms with Crippen LogP contribution in [0.1, 0.15) is 18.4 Å². The number of aromatic nitrogens is 2. The van der Waals surface area contributed by atoms with E-state index in [0.29, 0.717) is 0 Å². The number of fused-ring (bicyclic) bond motifs is 1. The Balaban J connectivity index is 1.35. The lowest BCUT2D eigenvalue weighted by molar-refractivity contribution is -0.118. The van der Waals surface area contributed by atoms with E-state index in [2.05, 4.69) is 10.3 Å². The molecule has 0 bridgehead atoms. The molecule has 0 aliphatic heterocycles. The molecule has 5 rings (SSSR count). The molecule has 0 saturated heterocycles. The molecule has 0 spiro atoms. The Morgan fingerprint density at radius 3 is 2.43 bits per heavy atom. The number of halogens is 1. The average molecular weight is 371 g/mol. The van der Waals surface area contributed by atoms with Crippen molar-refractivity contribution in [2.45, 2.75) is 18.3 Å². The number of pyridine rings is 1. The topological polar surface area (TPSA) is 46.4 Å². The van der Waals surface area contributed by atoms with E-state index in [4.69, 9.17) is 0 Å². The van der Waals surface area contributed by atoms with E-state index in [9.17, 15) is 9.18 Å². The van der Waals surface area contributed by atoms with Crippen LogP contribution in [0.2, 0.25) is 0 Å². The van der Waals surface area contributed by atoms with Gasteiger partial charge in [0.05, 0.1) is 11.1 Å². The van der Waals surface area contributed by atoms with Gasteiger partial charge in [-0.05, 0) is 54.8 Å². The quantitative estimate of drug-likeness (QED) is 0.560. The van der Waals surface area contributed by atoms with E-state index in [0.717, 1.165) is 41.0 Å². The molecular formula is C23H18FN3O. The minimum absolute atomic E-state index is 0.0420. The molecule has 138 valence electrons. The lowest BCUT2D eigenvalue weighted by atomic mass is 9.95. The maximum Gasteiger partial charge on any atom is 0.235 e. The zero-order chi connectivity index (χ0) is 19.1. The SMILES string of the molecule is O=C(Nc1ccc(-c2cn3ccccc3n2)cc1)C1(c2ccc(F)cc2)CC1. The molecule has 0 atom stereocenters. The van der Waals surface area contributed by atoms with Crippen molar-refractivity contribution in [3.63, 3.8) is 0 Å². The van der Waals surface area contributed by atoms with Gasteiger partial charge in [0.2, 0.25) is 5.91 Å². The molecule has 1 amide bonds. The predicted molar refractivity (Wildman–Crippen MR) is 107 cm³/mol. The Morgan fingerprint density at radius 2 is 1.75 bits per heavy atom. The van der Waals surface area contributed by atoms with Crippen molar-refractivity contribution < 1.29 is 9.18 Å². The van der Waals surface area contributed by atoms with E-state index < -0.39 is 5.41 Å². The molecule has 2 aromatic heterocycles. The molecular weight excluding hydrogens is 353 g/mol. The number of carbonyl (C=O) groups excluding carboxylic acids is 1. The third-order valence-corrected chi connectivity index (χ3v) is 5.38. The van der Waals surface area contributed by atoms with Gasteiger partial charge in [0, 0.05) is 23.6 Å². The minimum atomic E-state index is -0.534. The monoisotopic (exact) mass is 371 g/mol. The van der Waals surface area contributed by atoms with Crippen molar-refractivity contribution in [3.05, 3.63) is 90.5 Å². The molecule has 1 aliphatic rings. The van der Waals surface area contributed by atoms with Crippen LogP contribution in [0.5, 0.6) is 0 Å².